The van der Waals surface area contributed by atoms with Crippen LogP contribution in [0.1, 0.15) is 18.1 Å². The molecule has 0 aliphatic carbocycles. The van der Waals surface area contributed by atoms with E-state index in [0.29, 0.717) is 0 Å². The summed E-state index contributed by atoms with van der Waals surface area (Å²) in [4.78, 5) is 40.4. The van der Waals surface area contributed by atoms with Crippen molar-refractivity contribution >= 4 is 17.8 Å². The van der Waals surface area contributed by atoms with Gasteiger partial charge in [-0.2, -0.15) is 0 Å². The highest BCUT2D eigenvalue weighted by Crippen LogP contribution is 2.08. The lowest BCUT2D eigenvalue weighted by molar-refractivity contribution is -0.147. The number of carbonyl (C=O) groups excluding carboxylic acids is 3. The molecule has 2 aromatic carbocycles. The molecule has 0 aromatic heterocycles. The van der Waals surface area contributed by atoms with E-state index in [9.17, 15) is 14.4 Å². The van der Waals surface area contributed by atoms with Crippen molar-refractivity contribution in [3.63, 3.8) is 0 Å². The van der Waals surface area contributed by atoms with Crippen molar-refractivity contribution in [1.29, 1.82) is 0 Å². The third-order valence-electron chi connectivity index (χ3n) is 4.33. The molecule has 0 bridgehead atoms. The number of nitrogens with one attached hydrogen (secondary N) is 2. The van der Waals surface area contributed by atoms with Crippen molar-refractivity contribution in [2.24, 2.45) is 0 Å². The van der Waals surface area contributed by atoms with Gasteiger partial charge in [-0.05, 0) is 18.1 Å². The zero-order valence-corrected chi connectivity index (χ0v) is 16.8. The number of hydrogen-bond acceptors (Lipinski definition) is 4. The summed E-state index contributed by atoms with van der Waals surface area (Å²) in [6.07, 6.45) is 0.497. The van der Waals surface area contributed by atoms with Crippen molar-refractivity contribution in [3.05, 3.63) is 83.2 Å². The topological polar surface area (TPSA) is 88.9 Å². The summed E-state index contributed by atoms with van der Waals surface area (Å²) in [6.45, 7) is 8.36. The van der Waals surface area contributed by atoms with Crippen molar-refractivity contribution in [2.75, 3.05) is 13.2 Å². The van der Waals surface area contributed by atoms with Crippen LogP contribution in [-0.4, -0.2) is 43.0 Å². The van der Waals surface area contributed by atoms with Crippen LogP contribution in [0.4, 0.5) is 0 Å². The van der Waals surface area contributed by atoms with Crippen LogP contribution in [0, 0.1) is 6.57 Å². The number of ether oxygens (including phenoxy) is 1. The third-order valence-corrected chi connectivity index (χ3v) is 4.33. The van der Waals surface area contributed by atoms with Crippen LogP contribution in [0.15, 0.2) is 60.7 Å². The van der Waals surface area contributed by atoms with E-state index < -0.39 is 29.9 Å². The van der Waals surface area contributed by atoms with Gasteiger partial charge in [-0.25, -0.2) is 11.4 Å². The zero-order valence-electron chi connectivity index (χ0n) is 16.8. The highest BCUT2D eigenvalue weighted by molar-refractivity contribution is 5.91. The molecule has 30 heavy (non-hydrogen) atoms. The van der Waals surface area contributed by atoms with Gasteiger partial charge in [-0.15, -0.1) is 0 Å². The maximum atomic E-state index is 13.0. The van der Waals surface area contributed by atoms with Gasteiger partial charge in [0.25, 0.3) is 6.54 Å². The minimum Gasteiger partial charge on any atom is -0.464 e. The smallest absolute Gasteiger partial charge is 0.328 e. The molecular weight excluding hydrogens is 382 g/mol. The fourth-order valence-electron chi connectivity index (χ4n) is 2.93. The molecule has 0 fully saturated rings. The summed E-state index contributed by atoms with van der Waals surface area (Å²) in [5.74, 6) is -1.59. The summed E-state index contributed by atoms with van der Waals surface area (Å²) in [5.41, 5.74) is 1.71. The van der Waals surface area contributed by atoms with Crippen LogP contribution in [-0.2, 0) is 32.0 Å². The van der Waals surface area contributed by atoms with E-state index in [-0.39, 0.29) is 26.0 Å². The second-order valence-corrected chi connectivity index (χ2v) is 6.63. The van der Waals surface area contributed by atoms with E-state index in [4.69, 9.17) is 11.3 Å². The molecule has 7 nitrogen and oxygen atoms in total. The Morgan fingerprint density at radius 3 is 1.93 bits per heavy atom. The highest BCUT2D eigenvalue weighted by Gasteiger charge is 2.28. The molecule has 2 rings (SSSR count). The predicted molar refractivity (Wildman–Crippen MR) is 112 cm³/mol. The largest absolute Gasteiger partial charge is 0.464 e. The molecule has 7 heteroatoms. The Morgan fingerprint density at radius 2 is 1.43 bits per heavy atom. The second kappa shape index (κ2) is 12.0. The highest BCUT2D eigenvalue weighted by atomic mass is 16.5. The van der Waals surface area contributed by atoms with E-state index in [2.05, 4.69) is 15.5 Å². The molecule has 2 aromatic rings. The Kier molecular flexibility index (Phi) is 9.07. The van der Waals surface area contributed by atoms with Crippen LogP contribution in [0.25, 0.3) is 4.85 Å². The summed E-state index contributed by atoms with van der Waals surface area (Å²) < 4.78 is 5.11. The van der Waals surface area contributed by atoms with E-state index in [1.54, 1.807) is 6.92 Å². The fraction of sp³-hybridized carbons (Fsp3) is 0.304. The minimum absolute atomic E-state index is 0.190. The Bertz CT molecular complexity index is 878. The van der Waals surface area contributed by atoms with Crippen molar-refractivity contribution in [2.45, 2.75) is 31.8 Å². The molecular formula is C23H25N3O4. The van der Waals surface area contributed by atoms with Crippen molar-refractivity contribution < 1.29 is 19.1 Å². The Balaban J connectivity index is 2.17. The number of hydrogen-bond donors (Lipinski definition) is 2. The molecule has 0 unspecified atom stereocenters. The van der Waals surface area contributed by atoms with Gasteiger partial charge in [0.05, 0.1) is 6.61 Å². The molecule has 0 aliphatic rings. The lowest BCUT2D eigenvalue weighted by Crippen LogP contribution is -2.53. The first kappa shape index (κ1) is 22.6. The van der Waals surface area contributed by atoms with Gasteiger partial charge in [0.1, 0.15) is 12.1 Å². The maximum Gasteiger partial charge on any atom is 0.328 e. The van der Waals surface area contributed by atoms with E-state index in [0.717, 1.165) is 11.1 Å². The molecule has 0 saturated heterocycles. The molecule has 0 radical (unpaired) electrons. The first-order valence-corrected chi connectivity index (χ1v) is 9.71. The summed E-state index contributed by atoms with van der Waals surface area (Å²) in [5, 5.41) is 5.30. The molecule has 2 amide bonds. The predicted octanol–water partition coefficient (Wildman–Crippen LogP) is 1.92. The number of benzene rings is 2. The molecule has 2 N–H and O–H groups in total. The number of nitrogens with zero attached hydrogens (tertiary/aromatic N) is 1. The molecule has 0 spiro atoms. The van der Waals surface area contributed by atoms with Gasteiger partial charge in [0.15, 0.2) is 0 Å². The Labute approximate surface area is 176 Å². The summed E-state index contributed by atoms with van der Waals surface area (Å²) in [7, 11) is 0. The summed E-state index contributed by atoms with van der Waals surface area (Å²) >= 11 is 0. The number of rotatable bonds is 10. The molecule has 156 valence electrons. The maximum absolute atomic E-state index is 13.0. The van der Waals surface area contributed by atoms with Gasteiger partial charge in [0, 0.05) is 12.8 Å². The zero-order chi connectivity index (χ0) is 21.8. The van der Waals surface area contributed by atoms with E-state index >= 15 is 0 Å². The second-order valence-electron chi connectivity index (χ2n) is 6.63. The molecule has 2 atom stereocenters. The normalized spacial score (nSPS) is 12.1. The lowest BCUT2D eigenvalue weighted by Gasteiger charge is -2.22. The van der Waals surface area contributed by atoms with Crippen molar-refractivity contribution in [1.82, 2.24) is 10.6 Å². The number of esters is 1. The van der Waals surface area contributed by atoms with Gasteiger partial charge in [0.2, 0.25) is 5.91 Å². The van der Waals surface area contributed by atoms with Gasteiger partial charge in [-0.3, -0.25) is 9.59 Å². The SMILES string of the molecule is [C-]#[N+]CC(=O)N[C@@H](Cc1ccccc1)C(=O)N[C@@H](Cc1ccccc1)C(=O)OCC. The van der Waals surface area contributed by atoms with Crippen molar-refractivity contribution in [3.8, 4) is 0 Å². The monoisotopic (exact) mass is 407 g/mol. The van der Waals surface area contributed by atoms with Crippen LogP contribution in [0.3, 0.4) is 0 Å². The lowest BCUT2D eigenvalue weighted by atomic mass is 10.0. The Hall–Kier alpha value is -3.66. The minimum atomic E-state index is -0.922. The molecule has 0 saturated carbocycles. The van der Waals surface area contributed by atoms with E-state index in [1.165, 1.54) is 0 Å². The van der Waals surface area contributed by atoms with E-state index in [1.807, 2.05) is 60.7 Å². The fourth-order valence-corrected chi connectivity index (χ4v) is 2.93. The van der Waals surface area contributed by atoms with Gasteiger partial charge >= 0.3 is 11.9 Å². The average Bonchev–Trinajstić information content (AvgIpc) is 2.74. The molecule has 0 aliphatic heterocycles. The van der Waals surface area contributed by atoms with Crippen LogP contribution >= 0.6 is 0 Å². The third kappa shape index (κ3) is 7.40. The first-order valence-electron chi connectivity index (χ1n) is 9.71. The first-order chi connectivity index (χ1) is 14.5. The number of amides is 2. The van der Waals surface area contributed by atoms with Gasteiger partial charge < -0.3 is 20.2 Å². The number of carbonyl (C=O) groups is 3. The standard InChI is InChI=1S/C23H25N3O4/c1-3-30-23(29)20(15-18-12-8-5-9-13-18)26-22(28)19(25-21(27)16-24-2)14-17-10-6-4-7-11-17/h4-13,19-20H,3,14-16H2,1H3,(H,25,27)(H,26,28)/t19-,20-/m0/s1. The quantitative estimate of drug-likeness (QED) is 0.465. The van der Waals surface area contributed by atoms with Crippen LogP contribution in [0.2, 0.25) is 0 Å². The average molecular weight is 407 g/mol. The van der Waals surface area contributed by atoms with Gasteiger partial charge in [-0.1, -0.05) is 60.7 Å². The Morgan fingerprint density at radius 1 is 0.900 bits per heavy atom. The van der Waals surface area contributed by atoms with Crippen LogP contribution in [0.5, 0.6) is 0 Å². The van der Waals surface area contributed by atoms with Crippen LogP contribution < -0.4 is 10.6 Å². The summed E-state index contributed by atoms with van der Waals surface area (Å²) in [6, 6.07) is 16.7. The molecule has 0 heterocycles.